The molecule has 0 radical (unpaired) electrons. The van der Waals surface area contributed by atoms with Crippen molar-refractivity contribution in [1.29, 1.82) is 0 Å². The zero-order valence-electron chi connectivity index (χ0n) is 10.0. The molecular formula is C12H11ClF3N3. The highest BCUT2D eigenvalue weighted by Crippen LogP contribution is 2.33. The molecule has 1 aromatic heterocycles. The fourth-order valence-electron chi connectivity index (χ4n) is 1.60. The highest BCUT2D eigenvalue weighted by Gasteiger charge is 2.30. The third-order valence-corrected chi connectivity index (χ3v) is 3.01. The molecule has 0 amide bonds. The van der Waals surface area contributed by atoms with Gasteiger partial charge in [-0.15, -0.1) is 0 Å². The second-order valence-electron chi connectivity index (χ2n) is 3.99. The van der Waals surface area contributed by atoms with E-state index in [1.54, 1.807) is 24.0 Å². The second-order valence-corrected chi connectivity index (χ2v) is 4.40. The first kappa shape index (κ1) is 13.7. The van der Waals surface area contributed by atoms with Crippen LogP contribution >= 0.6 is 11.6 Å². The van der Waals surface area contributed by atoms with Crippen molar-refractivity contribution >= 4 is 17.3 Å². The molecule has 0 fully saturated rings. The van der Waals surface area contributed by atoms with Crippen molar-refractivity contribution in [2.75, 3.05) is 5.32 Å². The van der Waals surface area contributed by atoms with Crippen LogP contribution in [0.5, 0.6) is 0 Å². The average molecular weight is 290 g/mol. The number of benzene rings is 1. The third-order valence-electron chi connectivity index (χ3n) is 2.68. The van der Waals surface area contributed by atoms with E-state index in [1.807, 2.05) is 0 Å². The van der Waals surface area contributed by atoms with Gasteiger partial charge < -0.3 is 5.32 Å². The number of aryl methyl sites for hydroxylation is 1. The van der Waals surface area contributed by atoms with Gasteiger partial charge in [0.2, 0.25) is 0 Å². The fourth-order valence-corrected chi connectivity index (χ4v) is 1.78. The van der Waals surface area contributed by atoms with Gasteiger partial charge in [0, 0.05) is 13.2 Å². The SMILES string of the molecule is Cn1nccc1CNc1cc(C(F)(F)F)ccc1Cl. The Kier molecular flexibility index (Phi) is 3.71. The molecule has 2 rings (SSSR count). The molecule has 3 nitrogen and oxygen atoms in total. The van der Waals surface area contributed by atoms with Crippen LogP contribution in [0.25, 0.3) is 0 Å². The van der Waals surface area contributed by atoms with Crippen LogP contribution in [0.2, 0.25) is 5.02 Å². The lowest BCUT2D eigenvalue weighted by molar-refractivity contribution is -0.137. The first-order valence-electron chi connectivity index (χ1n) is 5.45. The van der Waals surface area contributed by atoms with Crippen LogP contribution in [0.1, 0.15) is 11.3 Å². The summed E-state index contributed by atoms with van der Waals surface area (Å²) in [5.41, 5.74) is 0.357. The Morgan fingerprint density at radius 3 is 2.63 bits per heavy atom. The first-order chi connectivity index (χ1) is 8.88. The molecule has 1 N–H and O–H groups in total. The van der Waals surface area contributed by atoms with Crippen molar-refractivity contribution in [3.8, 4) is 0 Å². The summed E-state index contributed by atoms with van der Waals surface area (Å²) < 4.78 is 39.4. The summed E-state index contributed by atoms with van der Waals surface area (Å²) in [6.45, 7) is 0.345. The molecule has 0 aliphatic rings. The maximum atomic E-state index is 12.6. The lowest BCUT2D eigenvalue weighted by Gasteiger charge is -2.12. The van der Waals surface area contributed by atoms with Crippen LogP contribution in [-0.4, -0.2) is 9.78 Å². The standard InChI is InChI=1S/C12H11ClF3N3/c1-19-9(4-5-18-19)7-17-11-6-8(12(14,15)16)2-3-10(11)13/h2-6,17H,7H2,1H3. The molecule has 0 saturated heterocycles. The lowest BCUT2D eigenvalue weighted by atomic mass is 10.2. The van der Waals surface area contributed by atoms with Crippen LogP contribution < -0.4 is 5.32 Å². The number of alkyl halides is 3. The molecule has 0 bridgehead atoms. The average Bonchev–Trinajstić information content (AvgIpc) is 2.72. The minimum absolute atomic E-state index is 0.246. The Balaban J connectivity index is 2.18. The number of hydrogen-bond acceptors (Lipinski definition) is 2. The molecule has 7 heteroatoms. The number of rotatable bonds is 3. The summed E-state index contributed by atoms with van der Waals surface area (Å²) in [7, 11) is 1.75. The molecule has 0 aliphatic carbocycles. The van der Waals surface area contributed by atoms with Gasteiger partial charge in [-0.3, -0.25) is 4.68 Å². The van der Waals surface area contributed by atoms with E-state index in [9.17, 15) is 13.2 Å². The molecule has 2 aromatic rings. The van der Waals surface area contributed by atoms with E-state index in [2.05, 4.69) is 10.4 Å². The third kappa shape index (κ3) is 3.20. The van der Waals surface area contributed by atoms with E-state index in [0.717, 1.165) is 17.8 Å². The lowest BCUT2D eigenvalue weighted by Crippen LogP contribution is -2.08. The number of anilines is 1. The van der Waals surface area contributed by atoms with E-state index in [1.165, 1.54) is 6.07 Å². The van der Waals surface area contributed by atoms with Gasteiger partial charge in [-0.05, 0) is 24.3 Å². The van der Waals surface area contributed by atoms with Crippen LogP contribution in [0.4, 0.5) is 18.9 Å². The van der Waals surface area contributed by atoms with Gasteiger partial charge in [-0.1, -0.05) is 11.6 Å². The summed E-state index contributed by atoms with van der Waals surface area (Å²) in [5, 5.41) is 7.09. The molecular weight excluding hydrogens is 279 g/mol. The Labute approximate surface area is 113 Å². The van der Waals surface area contributed by atoms with Crippen molar-refractivity contribution in [3.63, 3.8) is 0 Å². The van der Waals surface area contributed by atoms with Gasteiger partial charge in [0.05, 0.1) is 28.5 Å². The maximum absolute atomic E-state index is 12.6. The van der Waals surface area contributed by atoms with E-state index >= 15 is 0 Å². The molecule has 1 aromatic carbocycles. The smallest absolute Gasteiger partial charge is 0.378 e. The number of nitrogens with zero attached hydrogens (tertiary/aromatic N) is 2. The summed E-state index contributed by atoms with van der Waals surface area (Å²) in [4.78, 5) is 0. The number of nitrogens with one attached hydrogen (secondary N) is 1. The highest BCUT2D eigenvalue weighted by molar-refractivity contribution is 6.33. The van der Waals surface area contributed by atoms with Crippen LogP contribution in [-0.2, 0) is 19.8 Å². The van der Waals surface area contributed by atoms with Gasteiger partial charge in [-0.25, -0.2) is 0 Å². The maximum Gasteiger partial charge on any atom is 0.416 e. The van der Waals surface area contributed by atoms with Gasteiger partial charge in [-0.2, -0.15) is 18.3 Å². The summed E-state index contributed by atoms with van der Waals surface area (Å²) in [5.74, 6) is 0. The molecule has 1 heterocycles. The summed E-state index contributed by atoms with van der Waals surface area (Å²) >= 11 is 5.87. The predicted octanol–water partition coefficient (Wildman–Crippen LogP) is 3.70. The topological polar surface area (TPSA) is 29.9 Å². The van der Waals surface area contributed by atoms with E-state index in [0.29, 0.717) is 6.54 Å². The minimum atomic E-state index is -4.38. The predicted molar refractivity (Wildman–Crippen MR) is 67.0 cm³/mol. The monoisotopic (exact) mass is 289 g/mol. The van der Waals surface area contributed by atoms with Crippen molar-refractivity contribution < 1.29 is 13.2 Å². The fraction of sp³-hybridized carbons (Fsp3) is 0.250. The Hall–Kier alpha value is -1.69. The van der Waals surface area contributed by atoms with Crippen LogP contribution in [0.3, 0.4) is 0 Å². The van der Waals surface area contributed by atoms with E-state index in [4.69, 9.17) is 11.6 Å². The Morgan fingerprint density at radius 1 is 1.32 bits per heavy atom. The number of halogens is 4. The summed E-state index contributed by atoms with van der Waals surface area (Å²) in [6, 6.07) is 4.96. The van der Waals surface area contributed by atoms with Crippen molar-refractivity contribution in [2.24, 2.45) is 7.05 Å². The van der Waals surface area contributed by atoms with Gasteiger partial charge >= 0.3 is 6.18 Å². The quantitative estimate of drug-likeness (QED) is 0.933. The second kappa shape index (κ2) is 5.13. The van der Waals surface area contributed by atoms with E-state index in [-0.39, 0.29) is 10.7 Å². The van der Waals surface area contributed by atoms with Gasteiger partial charge in [0.25, 0.3) is 0 Å². The van der Waals surface area contributed by atoms with Crippen LogP contribution in [0.15, 0.2) is 30.5 Å². The zero-order valence-corrected chi connectivity index (χ0v) is 10.8. The normalized spacial score (nSPS) is 11.6. The van der Waals surface area contributed by atoms with Crippen molar-refractivity contribution in [3.05, 3.63) is 46.7 Å². The first-order valence-corrected chi connectivity index (χ1v) is 5.83. The molecule has 19 heavy (non-hydrogen) atoms. The Bertz CT molecular complexity index is 578. The van der Waals surface area contributed by atoms with Gasteiger partial charge in [0.1, 0.15) is 0 Å². The zero-order chi connectivity index (χ0) is 14.0. The van der Waals surface area contributed by atoms with Gasteiger partial charge in [0.15, 0.2) is 0 Å². The molecule has 102 valence electrons. The molecule has 0 spiro atoms. The summed E-state index contributed by atoms with van der Waals surface area (Å²) in [6.07, 6.45) is -2.77. The van der Waals surface area contributed by atoms with E-state index < -0.39 is 11.7 Å². The van der Waals surface area contributed by atoms with Crippen molar-refractivity contribution in [2.45, 2.75) is 12.7 Å². The largest absolute Gasteiger partial charge is 0.416 e. The van der Waals surface area contributed by atoms with Crippen molar-refractivity contribution in [1.82, 2.24) is 9.78 Å². The van der Waals surface area contributed by atoms with Crippen LogP contribution in [0, 0.1) is 0 Å². The molecule has 0 unspecified atom stereocenters. The minimum Gasteiger partial charge on any atom is -0.378 e. The molecule has 0 atom stereocenters. The Morgan fingerprint density at radius 2 is 2.05 bits per heavy atom. The highest BCUT2D eigenvalue weighted by atomic mass is 35.5. The number of hydrogen-bond donors (Lipinski definition) is 1. The molecule has 0 aliphatic heterocycles. The molecule has 0 saturated carbocycles. The number of aromatic nitrogens is 2.